The SMILES string of the molecule is O=C1[C@@H](OCc2ccccc2)[C@H](OCc2ccccc2)O[C@H](COCc2ccccc2)[C@@H]1OCc1ccccc1. The molecule has 0 amide bonds. The summed E-state index contributed by atoms with van der Waals surface area (Å²) in [7, 11) is 0. The third-order valence-electron chi connectivity index (χ3n) is 6.65. The van der Waals surface area contributed by atoms with Crippen LogP contribution in [0.3, 0.4) is 0 Å². The molecular weight excluding hydrogens is 504 g/mol. The minimum Gasteiger partial charge on any atom is -0.374 e. The van der Waals surface area contributed by atoms with Crippen LogP contribution in [0.15, 0.2) is 121 Å². The van der Waals surface area contributed by atoms with Gasteiger partial charge in [-0.1, -0.05) is 121 Å². The van der Waals surface area contributed by atoms with E-state index in [9.17, 15) is 4.79 Å². The molecule has 1 aliphatic rings. The van der Waals surface area contributed by atoms with Crippen LogP contribution in [0.1, 0.15) is 22.3 Å². The van der Waals surface area contributed by atoms with Gasteiger partial charge < -0.3 is 23.7 Å². The molecule has 0 unspecified atom stereocenters. The van der Waals surface area contributed by atoms with Crippen LogP contribution in [-0.4, -0.2) is 37.0 Å². The van der Waals surface area contributed by atoms with Crippen LogP contribution in [0.2, 0.25) is 0 Å². The van der Waals surface area contributed by atoms with Gasteiger partial charge in [0.2, 0.25) is 0 Å². The average molecular weight is 539 g/mol. The Kier molecular flexibility index (Phi) is 10.2. The van der Waals surface area contributed by atoms with Gasteiger partial charge in [0.1, 0.15) is 12.2 Å². The van der Waals surface area contributed by atoms with Crippen molar-refractivity contribution < 1.29 is 28.5 Å². The van der Waals surface area contributed by atoms with Gasteiger partial charge in [0.15, 0.2) is 18.2 Å². The highest BCUT2D eigenvalue weighted by atomic mass is 16.7. The highest BCUT2D eigenvalue weighted by molar-refractivity contribution is 5.89. The Morgan fingerprint density at radius 1 is 0.500 bits per heavy atom. The van der Waals surface area contributed by atoms with E-state index in [1.165, 1.54) is 0 Å². The number of ether oxygens (including phenoxy) is 5. The molecule has 40 heavy (non-hydrogen) atoms. The van der Waals surface area contributed by atoms with Crippen molar-refractivity contribution in [3.8, 4) is 0 Å². The summed E-state index contributed by atoms with van der Waals surface area (Å²) in [5.41, 5.74) is 3.92. The van der Waals surface area contributed by atoms with Gasteiger partial charge >= 0.3 is 0 Å². The van der Waals surface area contributed by atoms with Gasteiger partial charge in [0.05, 0.1) is 33.0 Å². The van der Waals surface area contributed by atoms with Crippen LogP contribution in [0.4, 0.5) is 0 Å². The molecule has 0 radical (unpaired) electrons. The fourth-order valence-corrected chi connectivity index (χ4v) is 4.54. The molecule has 1 saturated heterocycles. The molecule has 0 aliphatic carbocycles. The number of carbonyl (C=O) groups is 1. The maximum atomic E-state index is 14.0. The van der Waals surface area contributed by atoms with Crippen molar-refractivity contribution in [1.29, 1.82) is 0 Å². The van der Waals surface area contributed by atoms with Gasteiger partial charge in [0, 0.05) is 0 Å². The van der Waals surface area contributed by atoms with Crippen molar-refractivity contribution in [2.45, 2.75) is 51.0 Å². The van der Waals surface area contributed by atoms with Crippen LogP contribution in [-0.2, 0) is 54.9 Å². The van der Waals surface area contributed by atoms with Gasteiger partial charge in [-0.25, -0.2) is 0 Å². The van der Waals surface area contributed by atoms with Crippen molar-refractivity contribution in [3.63, 3.8) is 0 Å². The van der Waals surface area contributed by atoms with Crippen molar-refractivity contribution in [1.82, 2.24) is 0 Å². The van der Waals surface area contributed by atoms with Crippen LogP contribution in [0.25, 0.3) is 0 Å². The van der Waals surface area contributed by atoms with E-state index in [4.69, 9.17) is 23.7 Å². The average Bonchev–Trinajstić information content (AvgIpc) is 3.01. The first kappa shape index (κ1) is 27.9. The van der Waals surface area contributed by atoms with E-state index in [0.29, 0.717) is 6.61 Å². The van der Waals surface area contributed by atoms with Gasteiger partial charge in [-0.15, -0.1) is 0 Å². The van der Waals surface area contributed by atoms with Gasteiger partial charge in [0.25, 0.3) is 0 Å². The van der Waals surface area contributed by atoms with E-state index >= 15 is 0 Å². The second-order valence-electron chi connectivity index (χ2n) is 9.68. The first-order chi connectivity index (χ1) is 19.8. The van der Waals surface area contributed by atoms with Crippen molar-refractivity contribution >= 4 is 5.78 Å². The second kappa shape index (κ2) is 14.7. The zero-order valence-electron chi connectivity index (χ0n) is 22.3. The molecule has 4 aromatic rings. The van der Waals surface area contributed by atoms with Crippen molar-refractivity contribution in [2.75, 3.05) is 6.61 Å². The molecule has 4 atom stereocenters. The molecule has 0 spiro atoms. The largest absolute Gasteiger partial charge is 0.374 e. The molecule has 0 aromatic heterocycles. The monoisotopic (exact) mass is 538 g/mol. The molecule has 1 aliphatic heterocycles. The van der Waals surface area contributed by atoms with E-state index in [2.05, 4.69) is 0 Å². The zero-order valence-corrected chi connectivity index (χ0v) is 22.3. The molecule has 1 fully saturated rings. The summed E-state index contributed by atoms with van der Waals surface area (Å²) in [4.78, 5) is 14.0. The predicted molar refractivity (Wildman–Crippen MR) is 151 cm³/mol. The number of Topliss-reactive ketones (excluding diaryl/α,β-unsaturated/α-hetero) is 1. The Bertz CT molecular complexity index is 1280. The van der Waals surface area contributed by atoms with Crippen molar-refractivity contribution in [3.05, 3.63) is 144 Å². The topological polar surface area (TPSA) is 63.2 Å². The highest BCUT2D eigenvalue weighted by Gasteiger charge is 2.47. The van der Waals surface area contributed by atoms with E-state index in [0.717, 1.165) is 22.3 Å². The summed E-state index contributed by atoms with van der Waals surface area (Å²) < 4.78 is 30.9. The Morgan fingerprint density at radius 3 is 1.38 bits per heavy atom. The van der Waals surface area contributed by atoms with E-state index < -0.39 is 24.6 Å². The number of hydrogen-bond donors (Lipinski definition) is 0. The molecule has 6 nitrogen and oxygen atoms in total. The first-order valence-corrected chi connectivity index (χ1v) is 13.5. The van der Waals surface area contributed by atoms with Crippen LogP contribution < -0.4 is 0 Å². The van der Waals surface area contributed by atoms with Crippen molar-refractivity contribution in [2.24, 2.45) is 0 Å². The fourth-order valence-electron chi connectivity index (χ4n) is 4.54. The standard InChI is InChI=1S/C34H34O6/c35-31-32(37-22-27-15-7-2-8-16-27)30(25-36-21-26-13-5-1-6-14-26)40-34(39-24-29-19-11-4-12-20-29)33(31)38-23-28-17-9-3-10-18-28/h1-20,30,32-34H,21-25H2/t30-,32+,33-,34-/m1/s1. The smallest absolute Gasteiger partial charge is 0.198 e. The lowest BCUT2D eigenvalue weighted by Gasteiger charge is -2.39. The number of hydrogen-bond acceptors (Lipinski definition) is 6. The first-order valence-electron chi connectivity index (χ1n) is 13.5. The molecular formula is C34H34O6. The summed E-state index contributed by atoms with van der Waals surface area (Å²) in [5, 5.41) is 0. The lowest BCUT2D eigenvalue weighted by molar-refractivity contribution is -0.275. The van der Waals surface area contributed by atoms with Crippen LogP contribution in [0.5, 0.6) is 0 Å². The summed E-state index contributed by atoms with van der Waals surface area (Å²) in [5.74, 6) is -0.218. The molecule has 0 bridgehead atoms. The normalized spacial score (nSPS) is 20.9. The van der Waals surface area contributed by atoms with E-state index in [1.807, 2.05) is 121 Å². The number of rotatable bonds is 13. The Labute approximate surface area is 235 Å². The van der Waals surface area contributed by atoms with Crippen LogP contribution >= 0.6 is 0 Å². The second-order valence-corrected chi connectivity index (χ2v) is 9.68. The lowest BCUT2D eigenvalue weighted by Crippen LogP contribution is -2.58. The fraction of sp³-hybridized carbons (Fsp3) is 0.265. The maximum Gasteiger partial charge on any atom is 0.198 e. The summed E-state index contributed by atoms with van der Waals surface area (Å²) in [6, 6.07) is 39.1. The minimum absolute atomic E-state index is 0.163. The molecule has 6 heteroatoms. The molecule has 0 saturated carbocycles. The molecule has 4 aromatic carbocycles. The third-order valence-corrected chi connectivity index (χ3v) is 6.65. The predicted octanol–water partition coefficient (Wildman–Crippen LogP) is 5.88. The summed E-state index contributed by atoms with van der Waals surface area (Å²) >= 11 is 0. The third kappa shape index (κ3) is 7.94. The number of ketones is 1. The Balaban J connectivity index is 1.33. The Hall–Kier alpha value is -3.65. The molecule has 0 N–H and O–H groups in total. The number of carbonyl (C=O) groups excluding carboxylic acids is 1. The molecule has 1 heterocycles. The van der Waals surface area contributed by atoms with Crippen LogP contribution in [0, 0.1) is 0 Å². The summed E-state index contributed by atoms with van der Waals surface area (Å²) in [6.07, 6.45) is -3.43. The quantitative estimate of drug-likeness (QED) is 0.212. The van der Waals surface area contributed by atoms with Gasteiger partial charge in [-0.3, -0.25) is 4.79 Å². The molecule has 5 rings (SSSR count). The molecule has 206 valence electrons. The van der Waals surface area contributed by atoms with Gasteiger partial charge in [-0.2, -0.15) is 0 Å². The zero-order chi connectivity index (χ0) is 27.4. The van der Waals surface area contributed by atoms with Gasteiger partial charge in [-0.05, 0) is 22.3 Å². The highest BCUT2D eigenvalue weighted by Crippen LogP contribution is 2.27. The lowest BCUT2D eigenvalue weighted by atomic mass is 10.00. The summed E-state index contributed by atoms with van der Waals surface area (Å²) in [6.45, 7) is 1.33. The maximum absolute atomic E-state index is 14.0. The van der Waals surface area contributed by atoms with E-state index in [-0.39, 0.29) is 32.2 Å². The Morgan fingerprint density at radius 2 is 0.900 bits per heavy atom. The number of benzene rings is 4. The minimum atomic E-state index is -0.963. The van der Waals surface area contributed by atoms with E-state index in [1.54, 1.807) is 0 Å².